The second-order valence-electron chi connectivity index (χ2n) is 11.8. The molecule has 0 spiro atoms. The first-order chi connectivity index (χ1) is 18.1. The van der Waals surface area contributed by atoms with Crippen LogP contribution in [0.25, 0.3) is 11.1 Å². The van der Waals surface area contributed by atoms with Crippen molar-refractivity contribution in [1.29, 1.82) is 0 Å². The number of alkyl halides is 3. The van der Waals surface area contributed by atoms with E-state index in [1.807, 2.05) is 6.07 Å². The zero-order valence-corrected chi connectivity index (χ0v) is 22.6. The van der Waals surface area contributed by atoms with Crippen molar-refractivity contribution in [1.82, 2.24) is 0 Å². The lowest BCUT2D eigenvalue weighted by molar-refractivity contribution is -0.275. The molecule has 2 fully saturated rings. The van der Waals surface area contributed by atoms with Crippen molar-refractivity contribution in [2.45, 2.75) is 103 Å². The fraction of sp³-hybridized carbons (Fsp3) is 0.625. The number of hydrogen-bond acceptors (Lipinski definition) is 1. The van der Waals surface area contributed by atoms with Gasteiger partial charge in [-0.15, -0.1) is 13.2 Å². The predicted octanol–water partition coefficient (Wildman–Crippen LogP) is 10.8. The van der Waals surface area contributed by atoms with Crippen molar-refractivity contribution in [3.63, 3.8) is 0 Å². The molecule has 38 heavy (non-hydrogen) atoms. The molecule has 2 aliphatic carbocycles. The van der Waals surface area contributed by atoms with Crippen LogP contribution in [0.1, 0.15) is 102 Å². The lowest BCUT2D eigenvalue weighted by Gasteiger charge is -2.36. The number of rotatable bonds is 9. The maximum Gasteiger partial charge on any atom is 0.573 e. The van der Waals surface area contributed by atoms with Crippen LogP contribution in [0, 0.1) is 35.3 Å². The highest BCUT2D eigenvalue weighted by Crippen LogP contribution is 2.43. The van der Waals surface area contributed by atoms with E-state index in [0.717, 1.165) is 67.1 Å². The van der Waals surface area contributed by atoms with Gasteiger partial charge in [0.15, 0.2) is 11.6 Å². The number of ether oxygens (including phenoxy) is 1. The van der Waals surface area contributed by atoms with Crippen LogP contribution < -0.4 is 4.74 Å². The van der Waals surface area contributed by atoms with Gasteiger partial charge in [-0.05, 0) is 104 Å². The Balaban J connectivity index is 1.28. The van der Waals surface area contributed by atoms with Crippen molar-refractivity contribution in [2.75, 3.05) is 0 Å². The van der Waals surface area contributed by atoms with E-state index in [-0.39, 0.29) is 11.1 Å². The Kier molecular flexibility index (Phi) is 9.75. The highest BCUT2D eigenvalue weighted by Gasteiger charge is 2.33. The van der Waals surface area contributed by atoms with Crippen molar-refractivity contribution < 1.29 is 26.7 Å². The maximum absolute atomic E-state index is 15.0. The summed E-state index contributed by atoms with van der Waals surface area (Å²) in [5.74, 6) is 1.03. The average Bonchev–Trinajstić information content (AvgIpc) is 2.88. The number of benzene rings is 2. The highest BCUT2D eigenvalue weighted by atomic mass is 19.4. The van der Waals surface area contributed by atoms with E-state index in [0.29, 0.717) is 5.92 Å². The Morgan fingerprint density at radius 2 is 1.53 bits per heavy atom. The molecule has 6 heteroatoms. The molecule has 2 aromatic rings. The number of halogens is 5. The zero-order chi connectivity index (χ0) is 27.3. The first-order valence-corrected chi connectivity index (χ1v) is 14.5. The summed E-state index contributed by atoms with van der Waals surface area (Å²) in [6, 6.07) is 8.00. The third kappa shape index (κ3) is 7.72. The van der Waals surface area contributed by atoms with Gasteiger partial charge in [-0.25, -0.2) is 8.78 Å². The minimum absolute atomic E-state index is 0.165. The van der Waals surface area contributed by atoms with Crippen LogP contribution in [0.15, 0.2) is 36.4 Å². The van der Waals surface area contributed by atoms with Crippen LogP contribution in [-0.2, 0) is 0 Å². The van der Waals surface area contributed by atoms with Crippen molar-refractivity contribution in [2.24, 2.45) is 23.7 Å². The topological polar surface area (TPSA) is 9.23 Å². The molecule has 0 saturated heterocycles. The maximum atomic E-state index is 15.0. The molecular formula is C32H41F5O. The Morgan fingerprint density at radius 3 is 2.13 bits per heavy atom. The van der Waals surface area contributed by atoms with Gasteiger partial charge in [0.2, 0.25) is 0 Å². The first-order valence-electron chi connectivity index (χ1n) is 14.5. The molecule has 0 N–H and O–H groups in total. The van der Waals surface area contributed by atoms with Crippen LogP contribution in [0.2, 0.25) is 0 Å². The van der Waals surface area contributed by atoms with E-state index in [4.69, 9.17) is 0 Å². The van der Waals surface area contributed by atoms with E-state index < -0.39 is 23.7 Å². The van der Waals surface area contributed by atoms with Crippen molar-refractivity contribution in [3.8, 4) is 16.9 Å². The molecule has 1 nitrogen and oxygen atoms in total. The summed E-state index contributed by atoms with van der Waals surface area (Å²) >= 11 is 0. The molecule has 2 aromatic carbocycles. The predicted molar refractivity (Wildman–Crippen MR) is 142 cm³/mol. The van der Waals surface area contributed by atoms with Gasteiger partial charge < -0.3 is 4.74 Å². The number of unbranched alkanes of at least 4 members (excludes halogenated alkanes) is 1. The standard InChI is InChI=1S/C32H41F5O/c1-3-4-5-22-6-10-24(11-7-22)21(2)18-23-8-12-25(13-9-23)26-14-16-28(29(33)19-26)27-15-17-31(30(34)20-27)38-32(35,36)37/h14-17,19-25H,3-13,18H2,1-2H3. The van der Waals surface area contributed by atoms with E-state index in [9.17, 15) is 17.6 Å². The third-order valence-corrected chi connectivity index (χ3v) is 9.15. The summed E-state index contributed by atoms with van der Waals surface area (Å²) < 4.78 is 70.0. The van der Waals surface area contributed by atoms with Gasteiger partial charge in [0.25, 0.3) is 0 Å². The molecular weight excluding hydrogens is 495 g/mol. The molecule has 1 atom stereocenters. The van der Waals surface area contributed by atoms with Crippen LogP contribution >= 0.6 is 0 Å². The summed E-state index contributed by atoms with van der Waals surface area (Å²) in [5, 5.41) is 0. The van der Waals surface area contributed by atoms with Crippen molar-refractivity contribution >= 4 is 0 Å². The molecule has 210 valence electrons. The third-order valence-electron chi connectivity index (χ3n) is 9.15. The lowest BCUT2D eigenvalue weighted by Crippen LogP contribution is -2.23. The summed E-state index contributed by atoms with van der Waals surface area (Å²) in [6.45, 7) is 4.72. The normalized spacial score (nSPS) is 25.2. The van der Waals surface area contributed by atoms with Crippen LogP contribution in [0.5, 0.6) is 5.75 Å². The molecule has 0 aromatic heterocycles. The Labute approximate surface area is 224 Å². The van der Waals surface area contributed by atoms with Gasteiger partial charge in [0.1, 0.15) is 5.82 Å². The van der Waals surface area contributed by atoms with E-state index >= 15 is 4.39 Å². The van der Waals surface area contributed by atoms with Crippen LogP contribution in [0.4, 0.5) is 22.0 Å². The minimum Gasteiger partial charge on any atom is -0.403 e. The highest BCUT2D eigenvalue weighted by molar-refractivity contribution is 5.65. The van der Waals surface area contributed by atoms with Gasteiger partial charge in [0.05, 0.1) is 0 Å². The minimum atomic E-state index is -4.99. The Morgan fingerprint density at radius 1 is 0.842 bits per heavy atom. The number of hydrogen-bond donors (Lipinski definition) is 0. The fourth-order valence-corrected chi connectivity index (χ4v) is 6.88. The summed E-state index contributed by atoms with van der Waals surface area (Å²) in [4.78, 5) is 0. The molecule has 2 saturated carbocycles. The molecule has 1 unspecified atom stereocenters. The van der Waals surface area contributed by atoms with Crippen LogP contribution in [-0.4, -0.2) is 6.36 Å². The quantitative estimate of drug-likeness (QED) is 0.290. The van der Waals surface area contributed by atoms with Gasteiger partial charge >= 0.3 is 6.36 Å². The van der Waals surface area contributed by atoms with E-state index in [2.05, 4.69) is 18.6 Å². The molecule has 0 amide bonds. The van der Waals surface area contributed by atoms with E-state index in [1.54, 1.807) is 6.07 Å². The second-order valence-corrected chi connectivity index (χ2v) is 11.8. The molecule has 0 radical (unpaired) electrons. The molecule has 2 aliphatic rings. The zero-order valence-electron chi connectivity index (χ0n) is 22.6. The molecule has 0 bridgehead atoms. The second kappa shape index (κ2) is 12.8. The average molecular weight is 537 g/mol. The summed E-state index contributed by atoms with van der Waals surface area (Å²) in [6.07, 6.45) is 10.4. The fourth-order valence-electron chi connectivity index (χ4n) is 6.88. The van der Waals surface area contributed by atoms with Gasteiger partial charge in [-0.2, -0.15) is 0 Å². The lowest BCUT2D eigenvalue weighted by atomic mass is 9.70. The Bertz CT molecular complexity index is 1030. The van der Waals surface area contributed by atoms with Gasteiger partial charge in [-0.3, -0.25) is 0 Å². The summed E-state index contributed by atoms with van der Waals surface area (Å²) in [5.41, 5.74) is 1.29. The first kappa shape index (κ1) is 28.9. The monoisotopic (exact) mass is 536 g/mol. The van der Waals surface area contributed by atoms with Crippen molar-refractivity contribution in [3.05, 3.63) is 53.6 Å². The molecule has 0 heterocycles. The van der Waals surface area contributed by atoms with Crippen LogP contribution in [0.3, 0.4) is 0 Å². The largest absolute Gasteiger partial charge is 0.573 e. The smallest absolute Gasteiger partial charge is 0.403 e. The summed E-state index contributed by atoms with van der Waals surface area (Å²) in [7, 11) is 0. The molecule has 4 rings (SSSR count). The SMILES string of the molecule is CCCCC1CCC(C(C)CC2CCC(c3ccc(-c4ccc(OC(F)(F)F)c(F)c4)c(F)c3)CC2)CC1. The Hall–Kier alpha value is -2.11. The van der Waals surface area contributed by atoms with E-state index in [1.165, 1.54) is 63.5 Å². The van der Waals surface area contributed by atoms with Gasteiger partial charge in [-0.1, -0.05) is 64.2 Å². The van der Waals surface area contributed by atoms with Gasteiger partial charge in [0, 0.05) is 5.56 Å². The molecule has 0 aliphatic heterocycles.